The van der Waals surface area contributed by atoms with E-state index in [0.717, 1.165) is 0 Å². The summed E-state index contributed by atoms with van der Waals surface area (Å²) in [5, 5.41) is 5.29. The van der Waals surface area contributed by atoms with Crippen LogP contribution in [0.5, 0.6) is 0 Å². The van der Waals surface area contributed by atoms with Gasteiger partial charge < -0.3 is 0 Å². The number of allylic oxidation sites excluding steroid dienone is 8. The van der Waals surface area contributed by atoms with Crippen LogP contribution in [0.25, 0.3) is 0 Å². The van der Waals surface area contributed by atoms with Crippen LogP contribution < -0.4 is 0 Å². The molecule has 0 aromatic carbocycles. The first kappa shape index (κ1) is 22.5. The molecule has 126 valence electrons. The van der Waals surface area contributed by atoms with E-state index in [1.807, 2.05) is 3.88 Å². The van der Waals surface area contributed by atoms with Crippen molar-refractivity contribution < 1.29 is 14.0 Å². The Labute approximate surface area is 151 Å². The molecule has 0 aromatic heterocycles. The summed E-state index contributed by atoms with van der Waals surface area (Å²) in [6, 6.07) is 0. The molecule has 0 nitrogen and oxygen atoms in total. The van der Waals surface area contributed by atoms with Crippen LogP contribution in [0.1, 0.15) is 46.5 Å². The van der Waals surface area contributed by atoms with Crippen molar-refractivity contribution in [3.63, 3.8) is 0 Å². The predicted octanol–water partition coefficient (Wildman–Crippen LogP) is 6.05. The van der Waals surface area contributed by atoms with Gasteiger partial charge in [0.15, 0.2) is 0 Å². The minimum Gasteiger partial charge on any atom is -0.147 e. The minimum absolute atomic E-state index is 0. The van der Waals surface area contributed by atoms with Gasteiger partial charge in [0.25, 0.3) is 0 Å². The monoisotopic (exact) mass is 394 g/mol. The SMILES string of the molecule is CCC1=CC(CC)[C]([Ti]([CH3])([CH3])(=[SiH2])[C]2=CC=CC2)=C1CC.Cl.Cl. The standard InChI is InChI=1S/C11H17.C5H5.2CH3.2ClH.H2Si.Ti/c1-4-9-7-10(5-2)11(6-3)8-9;1-2-4-5-3-1;;;;;;/h7,9H,4-6H2,1-3H3;1-3H,4H2;2*1H3;2*1H;1H2;. The molecule has 0 saturated carbocycles. The summed E-state index contributed by atoms with van der Waals surface area (Å²) in [4.78, 5) is 0. The molecule has 0 N–H and O–H groups in total. The van der Waals surface area contributed by atoms with Gasteiger partial charge in [0.2, 0.25) is 0 Å². The van der Waals surface area contributed by atoms with Crippen molar-refractivity contribution in [2.75, 3.05) is 0 Å². The molecule has 0 aromatic rings. The first-order valence-corrected chi connectivity index (χ1v) is 16.9. The molecular weight excluding hydrogens is 363 g/mol. The average molecular weight is 395 g/mol. The molecule has 22 heavy (non-hydrogen) atoms. The zero-order valence-corrected chi connectivity index (χ0v) is 19.3. The van der Waals surface area contributed by atoms with E-state index in [4.69, 9.17) is 0 Å². The Bertz CT molecular complexity index is 603. The number of hydrogen-bond acceptors (Lipinski definition) is 0. The number of halogens is 2. The van der Waals surface area contributed by atoms with Crippen molar-refractivity contribution in [3.8, 4) is 0 Å². The van der Waals surface area contributed by atoms with E-state index in [1.165, 1.54) is 25.7 Å². The molecule has 1 atom stereocenters. The molecule has 2 aliphatic rings. The van der Waals surface area contributed by atoms with Crippen LogP contribution in [0.3, 0.4) is 0 Å². The predicted molar refractivity (Wildman–Crippen MR) is 106 cm³/mol. The van der Waals surface area contributed by atoms with Gasteiger partial charge in [0.05, 0.1) is 0 Å². The van der Waals surface area contributed by atoms with E-state index in [9.17, 15) is 0 Å². The van der Waals surface area contributed by atoms with Crippen molar-refractivity contribution in [2.45, 2.75) is 56.9 Å². The Balaban J connectivity index is 0.00000220. The van der Waals surface area contributed by atoms with E-state index in [0.29, 0.717) is 5.92 Å². The van der Waals surface area contributed by atoms with Crippen LogP contribution in [0.4, 0.5) is 0 Å². The van der Waals surface area contributed by atoms with Crippen molar-refractivity contribution >= 4 is 32.4 Å². The first-order valence-electron chi connectivity index (χ1n) is 8.22. The molecule has 0 saturated heterocycles. The zero-order valence-electron chi connectivity index (χ0n) is 14.7. The Hall–Kier alpha value is 0.471. The molecule has 0 bridgehead atoms. The Morgan fingerprint density at radius 3 is 2.18 bits per heavy atom. The van der Waals surface area contributed by atoms with Crippen molar-refractivity contribution in [1.29, 1.82) is 0 Å². The second kappa shape index (κ2) is 8.03. The third-order valence-electron chi connectivity index (χ3n) is 5.33. The molecule has 0 fully saturated rings. The summed E-state index contributed by atoms with van der Waals surface area (Å²) in [6.45, 7) is 7.03. The van der Waals surface area contributed by atoms with Crippen LogP contribution in [0, 0.1) is 5.92 Å². The average Bonchev–Trinajstić information content (AvgIpc) is 3.05. The van der Waals surface area contributed by atoms with Gasteiger partial charge in [-0.25, -0.2) is 0 Å². The van der Waals surface area contributed by atoms with Crippen LogP contribution in [0.2, 0.25) is 10.5 Å². The van der Waals surface area contributed by atoms with E-state index >= 15 is 0 Å². The molecule has 2 aliphatic carbocycles. The second-order valence-electron chi connectivity index (χ2n) is 7.32. The number of rotatable bonds is 5. The molecule has 0 radical (unpaired) electrons. The summed E-state index contributed by atoms with van der Waals surface area (Å²) in [7, 11) is 2.38. The van der Waals surface area contributed by atoms with Gasteiger partial charge in [0, 0.05) is 0 Å². The van der Waals surface area contributed by atoms with Gasteiger partial charge in [-0.15, -0.1) is 24.8 Å². The molecular formula is C18H32Cl2SiTi. The molecule has 2 rings (SSSR count). The summed E-state index contributed by atoms with van der Waals surface area (Å²) in [5.74, 6) is 0.714. The first-order chi connectivity index (χ1) is 9.34. The molecule has 0 spiro atoms. The summed E-state index contributed by atoms with van der Waals surface area (Å²) < 4.78 is 3.66. The fraction of sp³-hybridized carbons (Fsp3) is 0.556. The Morgan fingerprint density at radius 2 is 1.77 bits per heavy atom. The Kier molecular flexibility index (Phi) is 8.20. The summed E-state index contributed by atoms with van der Waals surface area (Å²) in [6.07, 6.45) is 14.5. The third kappa shape index (κ3) is 3.75. The summed E-state index contributed by atoms with van der Waals surface area (Å²) >= 11 is -2.68. The molecule has 0 aliphatic heterocycles. The van der Waals surface area contributed by atoms with Gasteiger partial charge in [-0.3, -0.25) is 0 Å². The topological polar surface area (TPSA) is 0 Å². The maximum absolute atomic E-state index is 2.68. The third-order valence-corrected chi connectivity index (χ3v) is 16.3. The smallest absolute Gasteiger partial charge is 0.147 e. The fourth-order valence-electron chi connectivity index (χ4n) is 4.19. The second-order valence-corrected chi connectivity index (χ2v) is 26.3. The Morgan fingerprint density at radius 1 is 1.14 bits per heavy atom. The van der Waals surface area contributed by atoms with Gasteiger partial charge in [-0.1, -0.05) is 0 Å². The van der Waals surface area contributed by atoms with Gasteiger partial charge >= 0.3 is 128 Å². The van der Waals surface area contributed by atoms with Crippen LogP contribution in [-0.2, 0) is 14.0 Å². The number of hydrogen-bond donors (Lipinski definition) is 0. The van der Waals surface area contributed by atoms with E-state index in [-0.39, 0.29) is 24.8 Å². The molecule has 4 heteroatoms. The molecule has 0 amide bonds. The fourth-order valence-corrected chi connectivity index (χ4v) is 14.3. The minimum atomic E-state index is -2.68. The largest absolute Gasteiger partial charge is 0.147 e. The van der Waals surface area contributed by atoms with E-state index < -0.39 is 14.0 Å². The van der Waals surface area contributed by atoms with Gasteiger partial charge in [-0.05, 0) is 0 Å². The zero-order chi connectivity index (χ0) is 15.0. The van der Waals surface area contributed by atoms with Crippen molar-refractivity contribution in [2.24, 2.45) is 5.92 Å². The molecule has 1 unspecified atom stereocenters. The summed E-state index contributed by atoms with van der Waals surface area (Å²) in [5.41, 5.74) is 3.37. The maximum Gasteiger partial charge on any atom is -0.147 e. The van der Waals surface area contributed by atoms with Crippen LogP contribution >= 0.6 is 24.8 Å². The van der Waals surface area contributed by atoms with Crippen molar-refractivity contribution in [3.05, 3.63) is 43.2 Å². The quantitative estimate of drug-likeness (QED) is 0.498. The van der Waals surface area contributed by atoms with Crippen LogP contribution in [-0.4, -0.2) is 7.63 Å². The van der Waals surface area contributed by atoms with Crippen LogP contribution in [0.15, 0.2) is 43.2 Å². The van der Waals surface area contributed by atoms with Gasteiger partial charge in [-0.2, -0.15) is 0 Å². The van der Waals surface area contributed by atoms with Crippen molar-refractivity contribution in [1.82, 2.24) is 0 Å². The van der Waals surface area contributed by atoms with Gasteiger partial charge in [0.1, 0.15) is 0 Å². The van der Waals surface area contributed by atoms with E-state index in [1.54, 1.807) is 15.0 Å². The molecule has 0 heterocycles. The normalized spacial score (nSPS) is 21.3. The van der Waals surface area contributed by atoms with E-state index in [2.05, 4.69) is 63.2 Å². The maximum atomic E-state index is 2.65.